The van der Waals surface area contributed by atoms with E-state index >= 15 is 0 Å². The predicted molar refractivity (Wildman–Crippen MR) is 139 cm³/mol. The van der Waals surface area contributed by atoms with Gasteiger partial charge in [-0.05, 0) is 72.7 Å². The summed E-state index contributed by atoms with van der Waals surface area (Å²) in [6.07, 6.45) is 4.13. The van der Waals surface area contributed by atoms with E-state index in [1.165, 1.54) is 27.9 Å². The third-order valence-corrected chi connectivity index (χ3v) is 7.04. The van der Waals surface area contributed by atoms with Gasteiger partial charge in [-0.25, -0.2) is 9.37 Å². The molecule has 6 nitrogen and oxygen atoms in total. The summed E-state index contributed by atoms with van der Waals surface area (Å²) in [6, 6.07) is 19.7. The molecule has 5 rings (SSSR count). The number of amides is 1. The summed E-state index contributed by atoms with van der Waals surface area (Å²) in [5, 5.41) is 2.97. The van der Waals surface area contributed by atoms with E-state index in [0.717, 1.165) is 37.2 Å². The fraction of sp³-hybridized carbons (Fsp3) is 0.310. The Hall–Kier alpha value is -3.87. The van der Waals surface area contributed by atoms with Gasteiger partial charge in [-0.3, -0.25) is 9.20 Å². The van der Waals surface area contributed by atoms with Crippen LogP contribution in [0.25, 0.3) is 5.65 Å². The zero-order valence-electron chi connectivity index (χ0n) is 20.7. The number of fused-ring (bicyclic) bond motifs is 1. The number of benzene rings is 2. The molecule has 0 saturated carbocycles. The molecule has 0 aliphatic carbocycles. The molecule has 1 amide bonds. The van der Waals surface area contributed by atoms with Crippen LogP contribution in [0.4, 0.5) is 10.1 Å². The van der Waals surface area contributed by atoms with Crippen molar-refractivity contribution in [2.45, 2.75) is 38.6 Å². The van der Waals surface area contributed by atoms with Crippen molar-refractivity contribution in [2.24, 2.45) is 0 Å². The largest absolute Gasteiger partial charge is 0.497 e. The van der Waals surface area contributed by atoms with E-state index in [4.69, 9.17) is 4.74 Å². The molecule has 4 aromatic rings. The van der Waals surface area contributed by atoms with Crippen molar-refractivity contribution < 1.29 is 13.9 Å². The van der Waals surface area contributed by atoms with E-state index in [1.54, 1.807) is 13.2 Å². The monoisotopic (exact) mass is 486 g/mol. The van der Waals surface area contributed by atoms with Crippen LogP contribution in [0.3, 0.4) is 0 Å². The minimum absolute atomic E-state index is 0.255. The number of hydrogen-bond acceptors (Lipinski definition) is 4. The number of imidazole rings is 1. The average molecular weight is 487 g/mol. The van der Waals surface area contributed by atoms with E-state index in [9.17, 15) is 9.18 Å². The molecule has 0 unspecified atom stereocenters. The summed E-state index contributed by atoms with van der Waals surface area (Å²) in [4.78, 5) is 19.9. The standard InChI is InChI=1S/C29H31FN4O2/c1-3-26-28(34-19-23(30)8-13-27(34)32-26)29(35)31-18-20-4-9-24(10-5-20)33-16-14-22(15-17-33)21-6-11-25(36-2)12-7-21/h4-13,19,22H,3,14-18H2,1-2H3,(H,31,35). The molecule has 1 saturated heterocycles. The van der Waals surface area contributed by atoms with E-state index in [0.29, 0.717) is 35.9 Å². The van der Waals surface area contributed by atoms with E-state index in [-0.39, 0.29) is 5.91 Å². The number of halogens is 1. The lowest BCUT2D eigenvalue weighted by Crippen LogP contribution is -2.32. The van der Waals surface area contributed by atoms with Crippen molar-refractivity contribution in [3.8, 4) is 5.75 Å². The highest BCUT2D eigenvalue weighted by molar-refractivity contribution is 5.94. The number of hydrogen-bond donors (Lipinski definition) is 1. The number of aryl methyl sites for hydroxylation is 1. The van der Waals surface area contributed by atoms with Gasteiger partial charge in [-0.1, -0.05) is 31.2 Å². The molecule has 2 aromatic carbocycles. The second-order valence-electron chi connectivity index (χ2n) is 9.22. The minimum Gasteiger partial charge on any atom is -0.497 e. The molecule has 186 valence electrons. The number of pyridine rings is 1. The predicted octanol–water partition coefficient (Wildman–Crippen LogP) is 5.36. The number of nitrogens with one attached hydrogen (secondary N) is 1. The van der Waals surface area contributed by atoms with Crippen molar-refractivity contribution in [2.75, 3.05) is 25.1 Å². The molecule has 1 fully saturated rings. The maximum atomic E-state index is 13.8. The molecule has 1 N–H and O–H groups in total. The Balaban J connectivity index is 1.18. The van der Waals surface area contributed by atoms with Gasteiger partial charge in [0.25, 0.3) is 5.91 Å². The number of piperidine rings is 1. The lowest BCUT2D eigenvalue weighted by atomic mass is 9.89. The highest BCUT2D eigenvalue weighted by atomic mass is 19.1. The average Bonchev–Trinajstić information content (AvgIpc) is 3.30. The smallest absolute Gasteiger partial charge is 0.270 e. The Morgan fingerprint density at radius 2 is 1.78 bits per heavy atom. The van der Waals surface area contributed by atoms with Crippen LogP contribution >= 0.6 is 0 Å². The molecule has 0 radical (unpaired) electrons. The summed E-state index contributed by atoms with van der Waals surface area (Å²) >= 11 is 0. The molecule has 2 aromatic heterocycles. The zero-order valence-corrected chi connectivity index (χ0v) is 20.7. The van der Waals surface area contributed by atoms with Gasteiger partial charge >= 0.3 is 0 Å². The first kappa shape index (κ1) is 23.9. The van der Waals surface area contributed by atoms with Gasteiger partial charge in [-0.15, -0.1) is 0 Å². The minimum atomic E-state index is -0.403. The second kappa shape index (κ2) is 10.4. The molecule has 0 spiro atoms. The molecular weight excluding hydrogens is 455 g/mol. The Bertz CT molecular complexity index is 1340. The number of methoxy groups -OCH3 is 1. The van der Waals surface area contributed by atoms with Crippen molar-refractivity contribution in [1.82, 2.24) is 14.7 Å². The van der Waals surface area contributed by atoms with E-state index in [2.05, 4.69) is 51.6 Å². The van der Waals surface area contributed by atoms with Crippen LogP contribution in [0.2, 0.25) is 0 Å². The summed E-state index contributed by atoms with van der Waals surface area (Å²) in [5.74, 6) is 0.809. The SMILES string of the molecule is CCc1nc2ccc(F)cn2c1C(=O)NCc1ccc(N2CCC(c3ccc(OC)cc3)CC2)cc1. The zero-order chi connectivity index (χ0) is 25.1. The number of anilines is 1. The summed E-state index contributed by atoms with van der Waals surface area (Å²) < 4.78 is 20.6. The molecular formula is C29H31FN4O2. The van der Waals surface area contributed by atoms with Gasteiger partial charge in [0.2, 0.25) is 0 Å². The van der Waals surface area contributed by atoms with Gasteiger partial charge in [0, 0.05) is 31.5 Å². The van der Waals surface area contributed by atoms with Gasteiger partial charge < -0.3 is 15.0 Å². The quantitative estimate of drug-likeness (QED) is 0.382. The first-order valence-corrected chi connectivity index (χ1v) is 12.5. The third kappa shape index (κ3) is 4.91. The Morgan fingerprint density at radius 3 is 2.44 bits per heavy atom. The van der Waals surface area contributed by atoms with E-state index in [1.807, 2.05) is 19.1 Å². The first-order chi connectivity index (χ1) is 17.6. The molecule has 7 heteroatoms. The lowest BCUT2D eigenvalue weighted by molar-refractivity contribution is 0.0944. The van der Waals surface area contributed by atoms with Crippen LogP contribution in [0.5, 0.6) is 5.75 Å². The van der Waals surface area contributed by atoms with Crippen LogP contribution in [-0.4, -0.2) is 35.5 Å². The topological polar surface area (TPSA) is 58.9 Å². The maximum absolute atomic E-state index is 13.8. The fourth-order valence-electron chi connectivity index (χ4n) is 4.99. The van der Waals surface area contributed by atoms with Crippen molar-refractivity contribution >= 4 is 17.2 Å². The summed E-state index contributed by atoms with van der Waals surface area (Å²) in [5.41, 5.74) is 5.21. The normalized spacial score (nSPS) is 14.2. The number of carbonyl (C=O) groups is 1. The summed E-state index contributed by atoms with van der Waals surface area (Å²) in [6.45, 7) is 4.35. The van der Waals surface area contributed by atoms with Crippen LogP contribution in [-0.2, 0) is 13.0 Å². The molecule has 0 bridgehead atoms. The van der Waals surface area contributed by atoms with Gasteiger partial charge in [0.05, 0.1) is 12.8 Å². The molecule has 1 aliphatic rings. The number of carbonyl (C=O) groups excluding carboxylic acids is 1. The maximum Gasteiger partial charge on any atom is 0.270 e. The van der Waals surface area contributed by atoms with E-state index < -0.39 is 5.82 Å². The van der Waals surface area contributed by atoms with Gasteiger partial charge in [-0.2, -0.15) is 0 Å². The highest BCUT2D eigenvalue weighted by Gasteiger charge is 2.21. The van der Waals surface area contributed by atoms with Crippen molar-refractivity contribution in [3.63, 3.8) is 0 Å². The Labute approximate surface area is 210 Å². The van der Waals surface area contributed by atoms with Crippen LogP contribution in [0, 0.1) is 5.82 Å². The molecule has 36 heavy (non-hydrogen) atoms. The van der Waals surface area contributed by atoms with Crippen LogP contribution in [0.15, 0.2) is 66.9 Å². The highest BCUT2D eigenvalue weighted by Crippen LogP contribution is 2.31. The molecule has 1 aliphatic heterocycles. The number of rotatable bonds is 7. The van der Waals surface area contributed by atoms with Crippen LogP contribution in [0.1, 0.15) is 53.0 Å². The Kier molecular flexibility index (Phi) is 6.89. The molecule has 3 heterocycles. The number of aromatic nitrogens is 2. The van der Waals surface area contributed by atoms with Gasteiger partial charge in [0.15, 0.2) is 0 Å². The van der Waals surface area contributed by atoms with Crippen molar-refractivity contribution in [3.05, 3.63) is 95.2 Å². The van der Waals surface area contributed by atoms with Crippen LogP contribution < -0.4 is 15.0 Å². The second-order valence-corrected chi connectivity index (χ2v) is 9.22. The molecule has 0 atom stereocenters. The number of ether oxygens (including phenoxy) is 1. The van der Waals surface area contributed by atoms with Crippen molar-refractivity contribution in [1.29, 1.82) is 0 Å². The lowest BCUT2D eigenvalue weighted by Gasteiger charge is -2.34. The van der Waals surface area contributed by atoms with Gasteiger partial charge in [0.1, 0.15) is 22.9 Å². The first-order valence-electron chi connectivity index (χ1n) is 12.5. The third-order valence-electron chi connectivity index (χ3n) is 7.04. The number of nitrogens with zero attached hydrogens (tertiary/aromatic N) is 3. The fourth-order valence-corrected chi connectivity index (χ4v) is 4.99. The Morgan fingerprint density at radius 1 is 1.06 bits per heavy atom. The summed E-state index contributed by atoms with van der Waals surface area (Å²) in [7, 11) is 1.69.